The second kappa shape index (κ2) is 6.59. The fourth-order valence-electron chi connectivity index (χ4n) is 2.67. The van der Waals surface area contributed by atoms with Gasteiger partial charge in [0.2, 0.25) is 17.7 Å². The maximum absolute atomic E-state index is 13.3. The fraction of sp³-hybridized carbons (Fsp3) is 0.471. The van der Waals surface area contributed by atoms with Crippen LogP contribution in [0.5, 0.6) is 0 Å². The summed E-state index contributed by atoms with van der Waals surface area (Å²) in [5.74, 6) is -2.18. The highest BCUT2D eigenvalue weighted by Crippen LogP contribution is 2.33. The lowest BCUT2D eigenvalue weighted by Crippen LogP contribution is -2.47. The molecular formula is C17H22FN3O3. The van der Waals surface area contributed by atoms with Gasteiger partial charge in [0, 0.05) is 24.7 Å². The molecule has 1 atom stereocenters. The molecule has 2 rings (SSSR count). The topological polar surface area (TPSA) is 78.5 Å². The van der Waals surface area contributed by atoms with Crippen LogP contribution in [0.25, 0.3) is 0 Å². The smallest absolute Gasteiger partial charge is 0.240 e. The summed E-state index contributed by atoms with van der Waals surface area (Å²) in [5.41, 5.74) is 0.469. The summed E-state index contributed by atoms with van der Waals surface area (Å²) in [7, 11) is 1.51. The molecule has 0 aliphatic carbocycles. The van der Waals surface area contributed by atoms with Gasteiger partial charge in [0.25, 0.3) is 0 Å². The van der Waals surface area contributed by atoms with Crippen molar-refractivity contribution < 1.29 is 18.8 Å². The van der Waals surface area contributed by atoms with Crippen LogP contribution in [-0.2, 0) is 14.4 Å². The number of likely N-dealkylation sites (N-methyl/N-ethyl adjacent to an activating group) is 1. The summed E-state index contributed by atoms with van der Waals surface area (Å²) >= 11 is 0. The molecule has 24 heavy (non-hydrogen) atoms. The summed E-state index contributed by atoms with van der Waals surface area (Å²) in [5, 5.41) is 5.35. The molecule has 7 heteroatoms. The molecule has 2 N–H and O–H groups in total. The lowest BCUT2D eigenvalue weighted by atomic mass is 9.89. The van der Waals surface area contributed by atoms with E-state index < -0.39 is 17.3 Å². The van der Waals surface area contributed by atoms with Gasteiger partial charge >= 0.3 is 0 Å². The van der Waals surface area contributed by atoms with Gasteiger partial charge in [-0.2, -0.15) is 0 Å². The summed E-state index contributed by atoms with van der Waals surface area (Å²) in [6.45, 7) is 5.44. The van der Waals surface area contributed by atoms with E-state index in [0.717, 1.165) is 0 Å². The lowest BCUT2D eigenvalue weighted by Gasteiger charge is -2.29. The number of nitrogens with zero attached hydrogens (tertiary/aromatic N) is 1. The zero-order valence-electron chi connectivity index (χ0n) is 14.3. The average Bonchev–Trinajstić information content (AvgIpc) is 2.42. The van der Waals surface area contributed by atoms with Crippen LogP contribution in [0.3, 0.4) is 0 Å². The van der Waals surface area contributed by atoms with Crippen LogP contribution in [0.1, 0.15) is 38.7 Å². The Morgan fingerprint density at radius 2 is 2.04 bits per heavy atom. The molecule has 6 nitrogen and oxygen atoms in total. The van der Waals surface area contributed by atoms with Crippen molar-refractivity contribution in [1.82, 2.24) is 10.2 Å². The molecule has 0 radical (unpaired) electrons. The Kier molecular flexibility index (Phi) is 4.91. The van der Waals surface area contributed by atoms with Gasteiger partial charge in [0.15, 0.2) is 0 Å². The normalized spacial score (nSPS) is 16.9. The molecule has 1 aromatic carbocycles. The predicted octanol–water partition coefficient (Wildman–Crippen LogP) is 1.62. The molecule has 1 aliphatic rings. The van der Waals surface area contributed by atoms with Gasteiger partial charge < -0.3 is 15.5 Å². The molecule has 130 valence electrons. The zero-order valence-corrected chi connectivity index (χ0v) is 14.3. The first-order chi connectivity index (χ1) is 11.1. The molecule has 1 heterocycles. The summed E-state index contributed by atoms with van der Waals surface area (Å²) in [4.78, 5) is 37.7. The van der Waals surface area contributed by atoms with Crippen molar-refractivity contribution in [3.8, 4) is 0 Å². The van der Waals surface area contributed by atoms with Gasteiger partial charge in [-0.05, 0) is 38.5 Å². The summed E-state index contributed by atoms with van der Waals surface area (Å²) < 4.78 is 13.3. The third-order valence-corrected chi connectivity index (χ3v) is 3.62. The van der Waals surface area contributed by atoms with Crippen molar-refractivity contribution in [2.75, 3.05) is 18.9 Å². The van der Waals surface area contributed by atoms with E-state index in [0.29, 0.717) is 11.3 Å². The number of hydrogen-bond acceptors (Lipinski definition) is 3. The molecule has 3 amide bonds. The first-order valence-electron chi connectivity index (χ1n) is 7.72. The highest BCUT2D eigenvalue weighted by atomic mass is 19.1. The largest absolute Gasteiger partial charge is 0.350 e. The second-order valence-corrected chi connectivity index (χ2v) is 7.03. The Bertz CT molecular complexity index is 682. The van der Waals surface area contributed by atoms with E-state index in [1.54, 1.807) is 0 Å². The number of benzene rings is 1. The monoisotopic (exact) mass is 335 g/mol. The number of carbonyl (C=O) groups excluding carboxylic acids is 3. The predicted molar refractivity (Wildman–Crippen MR) is 87.9 cm³/mol. The quantitative estimate of drug-likeness (QED) is 0.881. The van der Waals surface area contributed by atoms with Crippen molar-refractivity contribution >= 4 is 23.4 Å². The SMILES string of the molecule is CN(CC(=O)NC(C)(C)C)C(=O)C1CC(=O)Nc2cc(F)ccc21. The molecule has 0 fully saturated rings. The van der Waals surface area contributed by atoms with Gasteiger partial charge in [-0.25, -0.2) is 4.39 Å². The molecule has 1 unspecified atom stereocenters. The standard InChI is InChI=1S/C17H22FN3O3/c1-17(2,3)20-15(23)9-21(4)16(24)12-8-14(22)19-13-7-10(18)5-6-11(12)13/h5-7,12H,8-9H2,1-4H3,(H,19,22)(H,20,23). The molecule has 0 saturated heterocycles. The summed E-state index contributed by atoms with van der Waals surface area (Å²) in [6, 6.07) is 3.94. The highest BCUT2D eigenvalue weighted by molar-refractivity contribution is 6.01. The Labute approximate surface area is 140 Å². The first kappa shape index (κ1) is 17.9. The van der Waals surface area contributed by atoms with Gasteiger partial charge in [-0.1, -0.05) is 6.07 Å². The van der Waals surface area contributed by atoms with Gasteiger partial charge in [-0.3, -0.25) is 14.4 Å². The van der Waals surface area contributed by atoms with E-state index in [4.69, 9.17) is 0 Å². The Morgan fingerprint density at radius 3 is 2.67 bits per heavy atom. The van der Waals surface area contributed by atoms with Gasteiger partial charge in [-0.15, -0.1) is 0 Å². The third kappa shape index (κ3) is 4.31. The minimum absolute atomic E-state index is 0.0251. The number of fused-ring (bicyclic) bond motifs is 1. The maximum atomic E-state index is 13.3. The number of rotatable bonds is 3. The second-order valence-electron chi connectivity index (χ2n) is 7.03. The van der Waals surface area contributed by atoms with E-state index in [1.165, 1.54) is 30.1 Å². The van der Waals surface area contributed by atoms with E-state index in [1.807, 2.05) is 20.8 Å². The van der Waals surface area contributed by atoms with Crippen LogP contribution in [-0.4, -0.2) is 41.8 Å². The van der Waals surface area contributed by atoms with Crippen molar-refractivity contribution in [3.63, 3.8) is 0 Å². The van der Waals surface area contributed by atoms with E-state index in [2.05, 4.69) is 10.6 Å². The zero-order chi connectivity index (χ0) is 18.1. The van der Waals surface area contributed by atoms with Crippen molar-refractivity contribution in [3.05, 3.63) is 29.6 Å². The number of amides is 3. The maximum Gasteiger partial charge on any atom is 0.240 e. The van der Waals surface area contributed by atoms with Crippen molar-refractivity contribution in [2.24, 2.45) is 0 Å². The molecule has 0 saturated carbocycles. The number of hydrogen-bond donors (Lipinski definition) is 2. The molecule has 1 aliphatic heterocycles. The molecule has 0 bridgehead atoms. The van der Waals surface area contributed by atoms with E-state index in [-0.39, 0.29) is 30.7 Å². The van der Waals surface area contributed by atoms with Crippen LogP contribution in [0.4, 0.5) is 10.1 Å². The van der Waals surface area contributed by atoms with Crippen LogP contribution >= 0.6 is 0 Å². The average molecular weight is 335 g/mol. The molecular weight excluding hydrogens is 313 g/mol. The van der Waals surface area contributed by atoms with E-state index >= 15 is 0 Å². The number of nitrogens with one attached hydrogen (secondary N) is 2. The van der Waals surface area contributed by atoms with Crippen LogP contribution < -0.4 is 10.6 Å². The number of anilines is 1. The Hall–Kier alpha value is -2.44. The fourth-order valence-corrected chi connectivity index (χ4v) is 2.67. The molecule has 0 aromatic heterocycles. The third-order valence-electron chi connectivity index (χ3n) is 3.62. The van der Waals surface area contributed by atoms with Gasteiger partial charge in [0.1, 0.15) is 5.82 Å². The van der Waals surface area contributed by atoms with E-state index in [9.17, 15) is 18.8 Å². The molecule has 1 aromatic rings. The first-order valence-corrected chi connectivity index (χ1v) is 7.72. The van der Waals surface area contributed by atoms with Crippen LogP contribution in [0.2, 0.25) is 0 Å². The number of halogens is 1. The van der Waals surface area contributed by atoms with Crippen LogP contribution in [0, 0.1) is 5.82 Å². The van der Waals surface area contributed by atoms with Crippen molar-refractivity contribution in [2.45, 2.75) is 38.6 Å². The summed E-state index contributed by atoms with van der Waals surface area (Å²) in [6.07, 6.45) is -0.0251. The van der Waals surface area contributed by atoms with Gasteiger partial charge in [0.05, 0.1) is 12.5 Å². The Morgan fingerprint density at radius 1 is 1.38 bits per heavy atom. The highest BCUT2D eigenvalue weighted by Gasteiger charge is 2.33. The Balaban J connectivity index is 2.15. The lowest BCUT2D eigenvalue weighted by molar-refractivity contribution is -0.137. The van der Waals surface area contributed by atoms with Crippen molar-refractivity contribution in [1.29, 1.82) is 0 Å². The number of carbonyl (C=O) groups is 3. The van der Waals surface area contributed by atoms with Crippen LogP contribution in [0.15, 0.2) is 18.2 Å². The molecule has 0 spiro atoms. The minimum Gasteiger partial charge on any atom is -0.350 e. The minimum atomic E-state index is -0.721.